The first kappa shape index (κ1) is 13.6. The van der Waals surface area contributed by atoms with Crippen LogP contribution in [0.4, 0.5) is 0 Å². The van der Waals surface area contributed by atoms with Crippen LogP contribution in [0, 0.1) is 5.92 Å². The second kappa shape index (κ2) is 5.44. The Hall–Kier alpha value is -0.820. The minimum Gasteiger partial charge on any atom is -0.302 e. The fourth-order valence-corrected chi connectivity index (χ4v) is 3.04. The number of hydrogen-bond acceptors (Lipinski definition) is 1. The van der Waals surface area contributed by atoms with Gasteiger partial charge in [0.05, 0.1) is 0 Å². The molecule has 2 rings (SSSR count). The lowest BCUT2D eigenvalue weighted by atomic mass is 9.82. The fraction of sp³-hybridized carbons (Fsp3) is 0.647. The minimum atomic E-state index is 0.629. The van der Waals surface area contributed by atoms with Crippen molar-refractivity contribution < 1.29 is 0 Å². The molecular formula is C17H27N. The summed E-state index contributed by atoms with van der Waals surface area (Å²) in [6.45, 7) is 11.6. The zero-order valence-electron chi connectivity index (χ0n) is 12.5. The highest BCUT2D eigenvalue weighted by Crippen LogP contribution is 2.35. The first-order chi connectivity index (χ1) is 8.49. The summed E-state index contributed by atoms with van der Waals surface area (Å²) < 4.78 is 0. The number of fused-ring (bicyclic) bond motifs is 1. The van der Waals surface area contributed by atoms with Gasteiger partial charge >= 0.3 is 0 Å². The van der Waals surface area contributed by atoms with E-state index in [0.717, 1.165) is 18.4 Å². The molecule has 1 nitrogen and oxygen atoms in total. The Kier molecular flexibility index (Phi) is 4.11. The third-order valence-electron chi connectivity index (χ3n) is 4.30. The van der Waals surface area contributed by atoms with Crippen molar-refractivity contribution in [2.75, 3.05) is 13.6 Å². The highest BCUT2D eigenvalue weighted by molar-refractivity contribution is 5.37. The van der Waals surface area contributed by atoms with Gasteiger partial charge in [-0.15, -0.1) is 0 Å². The average Bonchev–Trinajstić information content (AvgIpc) is 2.46. The van der Waals surface area contributed by atoms with Crippen molar-refractivity contribution in [1.82, 2.24) is 4.90 Å². The second-order valence-electron chi connectivity index (χ2n) is 6.49. The van der Waals surface area contributed by atoms with Crippen LogP contribution in [0.25, 0.3) is 0 Å². The van der Waals surface area contributed by atoms with Crippen LogP contribution < -0.4 is 0 Å². The van der Waals surface area contributed by atoms with Gasteiger partial charge in [-0.3, -0.25) is 0 Å². The molecule has 1 heterocycles. The van der Waals surface area contributed by atoms with Crippen LogP contribution in [0.2, 0.25) is 0 Å². The smallest absolute Gasteiger partial charge is 0.0233 e. The Morgan fingerprint density at radius 2 is 1.89 bits per heavy atom. The molecule has 0 bridgehead atoms. The van der Waals surface area contributed by atoms with Gasteiger partial charge in [0, 0.05) is 6.54 Å². The van der Waals surface area contributed by atoms with E-state index in [2.05, 4.69) is 57.8 Å². The molecule has 1 aromatic rings. The van der Waals surface area contributed by atoms with Crippen molar-refractivity contribution in [3.63, 3.8) is 0 Å². The molecule has 0 saturated carbocycles. The molecule has 1 aromatic carbocycles. The largest absolute Gasteiger partial charge is 0.302 e. The summed E-state index contributed by atoms with van der Waals surface area (Å²) in [4.78, 5) is 2.45. The standard InChI is InChI=1S/C17H27N/c1-12(2)14-6-7-15-11-18(5)9-8-16(13(3)4)17(15)10-14/h6-7,10,12-13,16H,8-9,11H2,1-5H3. The first-order valence-electron chi connectivity index (χ1n) is 7.30. The second-order valence-corrected chi connectivity index (χ2v) is 6.49. The van der Waals surface area contributed by atoms with Crippen LogP contribution in [0.15, 0.2) is 18.2 Å². The molecule has 0 amide bonds. The Bertz CT molecular complexity index is 406. The van der Waals surface area contributed by atoms with E-state index in [1.807, 2.05) is 0 Å². The van der Waals surface area contributed by atoms with Gasteiger partial charge in [-0.1, -0.05) is 45.9 Å². The quantitative estimate of drug-likeness (QED) is 0.747. The number of nitrogens with zero attached hydrogens (tertiary/aromatic N) is 1. The molecule has 1 heteroatoms. The molecule has 18 heavy (non-hydrogen) atoms. The highest BCUT2D eigenvalue weighted by atomic mass is 15.1. The third kappa shape index (κ3) is 2.77. The summed E-state index contributed by atoms with van der Waals surface area (Å²) in [5.41, 5.74) is 4.64. The summed E-state index contributed by atoms with van der Waals surface area (Å²) in [7, 11) is 2.24. The fourth-order valence-electron chi connectivity index (χ4n) is 3.04. The molecule has 100 valence electrons. The average molecular weight is 245 g/mol. The van der Waals surface area contributed by atoms with E-state index in [1.54, 1.807) is 5.56 Å². The Morgan fingerprint density at radius 3 is 2.50 bits per heavy atom. The van der Waals surface area contributed by atoms with Crippen LogP contribution >= 0.6 is 0 Å². The predicted molar refractivity (Wildman–Crippen MR) is 79.1 cm³/mol. The molecule has 0 aromatic heterocycles. The van der Waals surface area contributed by atoms with Crippen LogP contribution in [0.5, 0.6) is 0 Å². The minimum absolute atomic E-state index is 0.629. The maximum absolute atomic E-state index is 2.48. The summed E-state index contributed by atoms with van der Waals surface area (Å²) in [5, 5.41) is 0. The van der Waals surface area contributed by atoms with E-state index < -0.39 is 0 Å². The van der Waals surface area contributed by atoms with Crippen molar-refractivity contribution in [2.45, 2.75) is 52.5 Å². The molecular weight excluding hydrogens is 218 g/mol. The maximum atomic E-state index is 2.48. The number of hydrogen-bond donors (Lipinski definition) is 0. The van der Waals surface area contributed by atoms with Gasteiger partial charge in [0.1, 0.15) is 0 Å². The lowest BCUT2D eigenvalue weighted by molar-refractivity contribution is 0.314. The van der Waals surface area contributed by atoms with E-state index in [-0.39, 0.29) is 0 Å². The van der Waals surface area contributed by atoms with Crippen molar-refractivity contribution in [1.29, 1.82) is 0 Å². The van der Waals surface area contributed by atoms with Crippen LogP contribution in [0.1, 0.15) is 62.6 Å². The van der Waals surface area contributed by atoms with Gasteiger partial charge in [0.15, 0.2) is 0 Å². The zero-order chi connectivity index (χ0) is 13.3. The molecule has 0 fully saturated rings. The molecule has 1 atom stereocenters. The Morgan fingerprint density at radius 1 is 1.17 bits per heavy atom. The van der Waals surface area contributed by atoms with Crippen molar-refractivity contribution in [2.24, 2.45) is 5.92 Å². The van der Waals surface area contributed by atoms with Gasteiger partial charge in [-0.05, 0) is 54.5 Å². The van der Waals surface area contributed by atoms with Gasteiger partial charge in [-0.25, -0.2) is 0 Å². The van der Waals surface area contributed by atoms with Crippen molar-refractivity contribution in [3.05, 3.63) is 34.9 Å². The third-order valence-corrected chi connectivity index (χ3v) is 4.30. The molecule has 1 unspecified atom stereocenters. The summed E-state index contributed by atoms with van der Waals surface area (Å²) >= 11 is 0. The molecule has 0 aliphatic carbocycles. The van der Waals surface area contributed by atoms with E-state index in [9.17, 15) is 0 Å². The Balaban J connectivity index is 2.44. The lowest BCUT2D eigenvalue weighted by Gasteiger charge is -2.22. The zero-order valence-corrected chi connectivity index (χ0v) is 12.5. The monoisotopic (exact) mass is 245 g/mol. The van der Waals surface area contributed by atoms with Crippen LogP contribution in [-0.2, 0) is 6.54 Å². The predicted octanol–water partition coefficient (Wildman–Crippen LogP) is 4.39. The van der Waals surface area contributed by atoms with Crippen LogP contribution in [-0.4, -0.2) is 18.5 Å². The first-order valence-corrected chi connectivity index (χ1v) is 7.30. The molecule has 1 aliphatic rings. The van der Waals surface area contributed by atoms with Gasteiger partial charge in [0.2, 0.25) is 0 Å². The van der Waals surface area contributed by atoms with Gasteiger partial charge in [-0.2, -0.15) is 0 Å². The SMILES string of the molecule is CC(C)c1ccc2c(c1)C(C(C)C)CCN(C)C2. The van der Waals surface area contributed by atoms with E-state index in [1.165, 1.54) is 24.1 Å². The van der Waals surface area contributed by atoms with Crippen LogP contribution in [0.3, 0.4) is 0 Å². The van der Waals surface area contributed by atoms with E-state index in [0.29, 0.717) is 5.92 Å². The number of rotatable bonds is 2. The van der Waals surface area contributed by atoms with Gasteiger partial charge < -0.3 is 4.90 Å². The summed E-state index contributed by atoms with van der Waals surface area (Å²) in [6.07, 6.45) is 1.29. The summed E-state index contributed by atoms with van der Waals surface area (Å²) in [6, 6.07) is 7.16. The van der Waals surface area contributed by atoms with E-state index >= 15 is 0 Å². The highest BCUT2D eigenvalue weighted by Gasteiger charge is 2.23. The molecule has 1 aliphatic heterocycles. The Labute approximate surface area is 112 Å². The van der Waals surface area contributed by atoms with Crippen molar-refractivity contribution >= 4 is 0 Å². The topological polar surface area (TPSA) is 3.24 Å². The molecule has 0 N–H and O–H groups in total. The number of benzene rings is 1. The normalized spacial score (nSPS) is 21.2. The van der Waals surface area contributed by atoms with Gasteiger partial charge in [0.25, 0.3) is 0 Å². The molecule has 0 spiro atoms. The summed E-state index contributed by atoms with van der Waals surface area (Å²) in [5.74, 6) is 2.09. The maximum Gasteiger partial charge on any atom is 0.0233 e. The lowest BCUT2D eigenvalue weighted by Crippen LogP contribution is -2.17. The molecule has 0 radical (unpaired) electrons. The van der Waals surface area contributed by atoms with E-state index in [4.69, 9.17) is 0 Å². The van der Waals surface area contributed by atoms with Crippen molar-refractivity contribution in [3.8, 4) is 0 Å². The molecule has 0 saturated heterocycles.